The summed E-state index contributed by atoms with van der Waals surface area (Å²) in [5, 5.41) is 0. The van der Waals surface area contributed by atoms with Crippen molar-refractivity contribution in [3.63, 3.8) is 0 Å². The van der Waals surface area contributed by atoms with Crippen molar-refractivity contribution in [2.24, 2.45) is 0 Å². The van der Waals surface area contributed by atoms with E-state index in [0.29, 0.717) is 0 Å². The first-order valence-corrected chi connectivity index (χ1v) is 0. The van der Waals surface area contributed by atoms with Crippen LogP contribution in [-0.2, 0) is 17.1 Å². The molecule has 1 radical (unpaired) electrons. The molecule has 0 heterocycles. The van der Waals surface area contributed by atoms with Gasteiger partial charge in [-0.2, -0.15) is 0 Å². The molecule has 0 bridgehead atoms. The van der Waals surface area contributed by atoms with E-state index in [9.17, 15) is 0 Å². The van der Waals surface area contributed by atoms with E-state index in [2.05, 4.69) is 0 Å². The quantitative estimate of drug-likeness (QED) is 0.353. The number of halogens is 1. The fraction of sp³-hybridized carbons (Fsp3) is 0. The molecule has 0 aromatic heterocycles. The van der Waals surface area contributed by atoms with Gasteiger partial charge in [0.2, 0.25) is 0 Å². The average Bonchev–Trinajstić information content (AvgIpc) is 0. The van der Waals surface area contributed by atoms with Crippen LogP contribution in [0.1, 0.15) is 0 Å². The third kappa shape index (κ3) is 1300. The van der Waals surface area contributed by atoms with Crippen LogP contribution in [0.15, 0.2) is 0 Å². The third-order valence-corrected chi connectivity index (χ3v) is 0. The summed E-state index contributed by atoms with van der Waals surface area (Å²) in [5.74, 6) is 0. The second-order valence-electron chi connectivity index (χ2n) is 0. The van der Waals surface area contributed by atoms with Gasteiger partial charge in [-0.15, -0.1) is 12.4 Å². The monoisotopic (exact) mass is 225 g/mol. The first kappa shape index (κ1) is 2470. The van der Waals surface area contributed by atoms with Gasteiger partial charge in [0.05, 0.1) is 0 Å². The molecule has 9 heavy (non-hydrogen) atoms. The van der Waals surface area contributed by atoms with Gasteiger partial charge >= 0.3 is 0 Å². The standard InChI is InChI=1S/ClH.Cu.7H2O/h1H;;7*1H2. The predicted octanol–water partition coefficient (Wildman–Crippen LogP) is -5.35. The molecule has 0 atom stereocenters. The van der Waals surface area contributed by atoms with Crippen LogP contribution in [0.25, 0.3) is 0 Å². The Hall–Kier alpha value is 0.529. The Balaban J connectivity index is 0. The van der Waals surface area contributed by atoms with Crippen LogP contribution < -0.4 is 0 Å². The van der Waals surface area contributed by atoms with Crippen molar-refractivity contribution in [1.82, 2.24) is 0 Å². The van der Waals surface area contributed by atoms with E-state index in [1.54, 1.807) is 0 Å². The van der Waals surface area contributed by atoms with Crippen LogP contribution in [0.3, 0.4) is 0 Å². The van der Waals surface area contributed by atoms with Gasteiger partial charge in [-0.1, -0.05) is 0 Å². The van der Waals surface area contributed by atoms with Crippen molar-refractivity contribution in [3.05, 3.63) is 0 Å². The fourth-order valence-electron chi connectivity index (χ4n) is 0. The third-order valence-electron chi connectivity index (χ3n) is 0. The summed E-state index contributed by atoms with van der Waals surface area (Å²) in [7, 11) is 0. The molecule has 0 aliphatic heterocycles. The Kier molecular flexibility index (Phi) is 474000. The van der Waals surface area contributed by atoms with Crippen molar-refractivity contribution < 1.29 is 55.4 Å². The van der Waals surface area contributed by atoms with Gasteiger partial charge in [0.25, 0.3) is 0 Å². The van der Waals surface area contributed by atoms with E-state index in [0.717, 1.165) is 0 Å². The molecule has 0 aliphatic carbocycles. The number of rotatable bonds is 0. The van der Waals surface area contributed by atoms with Gasteiger partial charge in [-0.3, -0.25) is 0 Å². The molecule has 0 aromatic carbocycles. The van der Waals surface area contributed by atoms with Gasteiger partial charge in [0, 0.05) is 17.1 Å². The van der Waals surface area contributed by atoms with Gasteiger partial charge in [0.15, 0.2) is 0 Å². The summed E-state index contributed by atoms with van der Waals surface area (Å²) in [6.45, 7) is 0. The molecule has 0 saturated heterocycles. The van der Waals surface area contributed by atoms with E-state index in [1.165, 1.54) is 0 Å². The van der Waals surface area contributed by atoms with Crippen LogP contribution in [0.2, 0.25) is 0 Å². The Labute approximate surface area is 68.5 Å². The maximum Gasteiger partial charge on any atom is 0 e. The molecule has 0 fully saturated rings. The first-order valence-electron chi connectivity index (χ1n) is 0. The topological polar surface area (TPSA) is 220 Å². The van der Waals surface area contributed by atoms with Gasteiger partial charge < -0.3 is 38.3 Å². The zero-order valence-electron chi connectivity index (χ0n) is 4.21. The minimum absolute atomic E-state index is 0. The molecule has 0 unspecified atom stereocenters. The van der Waals surface area contributed by atoms with E-state index < -0.39 is 0 Å². The molecule has 9 heteroatoms. The smallest absolute Gasteiger partial charge is 0 e. The van der Waals surface area contributed by atoms with Crippen LogP contribution in [-0.4, -0.2) is 38.3 Å². The Morgan fingerprint density at radius 2 is 0.333 bits per heavy atom. The second kappa shape index (κ2) is 1720. The Morgan fingerprint density at radius 1 is 0.333 bits per heavy atom. The molecular weight excluding hydrogens is 211 g/mol. The SMILES string of the molecule is Cl.O.O.O.O.O.O.O.[Cu]. The van der Waals surface area contributed by atoms with Crippen molar-refractivity contribution in [1.29, 1.82) is 0 Å². The molecule has 7 nitrogen and oxygen atoms in total. The molecule has 0 spiro atoms. The fourth-order valence-corrected chi connectivity index (χ4v) is 0. The largest absolute Gasteiger partial charge is 0.412 e. The summed E-state index contributed by atoms with van der Waals surface area (Å²) >= 11 is 0. The van der Waals surface area contributed by atoms with E-state index in [-0.39, 0.29) is 67.8 Å². The molecule has 75 valence electrons. The molecule has 0 saturated carbocycles. The minimum Gasteiger partial charge on any atom is -0.412 e. The molecular formula is H15ClCuO7. The molecule has 0 aliphatic rings. The zero-order chi connectivity index (χ0) is 0. The van der Waals surface area contributed by atoms with Crippen molar-refractivity contribution >= 4 is 12.4 Å². The molecule has 14 N–H and O–H groups in total. The van der Waals surface area contributed by atoms with Crippen molar-refractivity contribution in [2.75, 3.05) is 0 Å². The van der Waals surface area contributed by atoms with Gasteiger partial charge in [-0.05, 0) is 0 Å². The average molecular weight is 226 g/mol. The Morgan fingerprint density at radius 3 is 0.333 bits per heavy atom. The van der Waals surface area contributed by atoms with E-state index >= 15 is 0 Å². The summed E-state index contributed by atoms with van der Waals surface area (Å²) in [4.78, 5) is 0. The van der Waals surface area contributed by atoms with Gasteiger partial charge in [-0.25, -0.2) is 0 Å². The minimum atomic E-state index is 0. The van der Waals surface area contributed by atoms with E-state index in [1.807, 2.05) is 0 Å². The van der Waals surface area contributed by atoms with Crippen LogP contribution in [0, 0.1) is 0 Å². The maximum atomic E-state index is 0. The maximum absolute atomic E-state index is 0. The molecule has 0 aromatic rings. The summed E-state index contributed by atoms with van der Waals surface area (Å²) in [5.41, 5.74) is 0. The zero-order valence-corrected chi connectivity index (χ0v) is 5.97. The number of hydrogen-bond acceptors (Lipinski definition) is 0. The van der Waals surface area contributed by atoms with Crippen molar-refractivity contribution in [2.45, 2.75) is 0 Å². The van der Waals surface area contributed by atoms with Crippen LogP contribution in [0.5, 0.6) is 0 Å². The summed E-state index contributed by atoms with van der Waals surface area (Å²) in [6, 6.07) is 0. The normalized spacial score (nSPS) is 0. The van der Waals surface area contributed by atoms with Crippen molar-refractivity contribution in [3.8, 4) is 0 Å². The summed E-state index contributed by atoms with van der Waals surface area (Å²) < 4.78 is 0. The first-order chi connectivity index (χ1) is 0. The van der Waals surface area contributed by atoms with Crippen LogP contribution in [0.4, 0.5) is 0 Å². The van der Waals surface area contributed by atoms with Gasteiger partial charge in [0.1, 0.15) is 0 Å². The molecule has 0 rings (SSSR count). The van der Waals surface area contributed by atoms with Crippen LogP contribution >= 0.6 is 12.4 Å². The Bertz CT molecular complexity index is 8.88. The summed E-state index contributed by atoms with van der Waals surface area (Å²) in [6.07, 6.45) is 0. The van der Waals surface area contributed by atoms with E-state index in [4.69, 9.17) is 0 Å². The second-order valence-corrected chi connectivity index (χ2v) is 0. The number of hydrogen-bond donors (Lipinski definition) is 0. The predicted molar refractivity (Wildman–Crippen MR) is 32.5 cm³/mol. The molecule has 0 amide bonds.